The van der Waals surface area contributed by atoms with Gasteiger partial charge in [0.05, 0.1) is 6.04 Å². The maximum atomic E-state index is 11.4. The summed E-state index contributed by atoms with van der Waals surface area (Å²) < 4.78 is 0. The Kier molecular flexibility index (Phi) is 4.22. The largest absolute Gasteiger partial charge is 0.341 e. The summed E-state index contributed by atoms with van der Waals surface area (Å²) in [5.74, 6) is 0.150. The normalized spacial score (nSPS) is 22.8. The molecule has 0 aromatic rings. The van der Waals surface area contributed by atoms with Crippen LogP contribution in [-0.2, 0) is 4.79 Å². The maximum Gasteiger partial charge on any atom is 0.239 e. The van der Waals surface area contributed by atoms with Crippen molar-refractivity contribution in [3.8, 4) is 0 Å². The van der Waals surface area contributed by atoms with E-state index in [-0.39, 0.29) is 11.9 Å². The van der Waals surface area contributed by atoms with E-state index in [1.807, 2.05) is 4.90 Å². The molecule has 1 heterocycles. The third kappa shape index (κ3) is 2.99. The summed E-state index contributed by atoms with van der Waals surface area (Å²) in [7, 11) is 0. The van der Waals surface area contributed by atoms with Crippen molar-refractivity contribution in [1.29, 1.82) is 0 Å². The lowest BCUT2D eigenvalue weighted by molar-refractivity contribution is -0.128. The molecule has 0 saturated carbocycles. The van der Waals surface area contributed by atoms with Crippen molar-refractivity contribution >= 4 is 5.91 Å². The molecule has 0 bridgehead atoms. The van der Waals surface area contributed by atoms with E-state index in [1.54, 1.807) is 0 Å². The summed E-state index contributed by atoms with van der Waals surface area (Å²) in [6, 6.07) is -0.217. The second-order valence-corrected chi connectivity index (χ2v) is 3.78. The highest BCUT2D eigenvalue weighted by molar-refractivity contribution is 5.83. The first kappa shape index (κ1) is 10.5. The number of hydrogen-bond acceptors (Lipinski definition) is 2. The van der Waals surface area contributed by atoms with Gasteiger partial charge in [0.25, 0.3) is 0 Å². The van der Waals surface area contributed by atoms with Crippen LogP contribution in [-0.4, -0.2) is 29.9 Å². The van der Waals surface area contributed by atoms with E-state index in [4.69, 9.17) is 5.73 Å². The first-order chi connectivity index (χ1) is 6.25. The number of carbonyl (C=O) groups is 1. The zero-order valence-electron chi connectivity index (χ0n) is 8.46. The zero-order chi connectivity index (χ0) is 9.68. The van der Waals surface area contributed by atoms with Gasteiger partial charge >= 0.3 is 0 Å². The molecule has 0 spiro atoms. The smallest absolute Gasteiger partial charge is 0.239 e. The molecular weight excluding hydrogens is 164 g/mol. The molecule has 3 nitrogen and oxygen atoms in total. The van der Waals surface area contributed by atoms with E-state index < -0.39 is 0 Å². The Hall–Kier alpha value is -0.570. The molecule has 1 aliphatic heterocycles. The van der Waals surface area contributed by atoms with Gasteiger partial charge in [-0.1, -0.05) is 26.2 Å². The highest BCUT2D eigenvalue weighted by atomic mass is 16.2. The molecule has 1 fully saturated rings. The lowest BCUT2D eigenvalue weighted by Gasteiger charge is -2.15. The molecule has 76 valence electrons. The van der Waals surface area contributed by atoms with Gasteiger partial charge in [-0.3, -0.25) is 4.79 Å². The fourth-order valence-electron chi connectivity index (χ4n) is 1.71. The lowest BCUT2D eigenvalue weighted by atomic mass is 10.2. The molecule has 1 saturated heterocycles. The SMILES string of the molecule is CCCCCCN1CCC(N)C1=O. The summed E-state index contributed by atoms with van der Waals surface area (Å²) in [6.45, 7) is 3.97. The van der Waals surface area contributed by atoms with Crippen LogP contribution in [0.3, 0.4) is 0 Å². The van der Waals surface area contributed by atoms with Crippen molar-refractivity contribution in [3.63, 3.8) is 0 Å². The van der Waals surface area contributed by atoms with Gasteiger partial charge in [0.1, 0.15) is 0 Å². The molecule has 0 aromatic heterocycles. The third-order valence-corrected chi connectivity index (χ3v) is 2.62. The molecule has 1 amide bonds. The highest BCUT2D eigenvalue weighted by Gasteiger charge is 2.27. The molecule has 3 heteroatoms. The van der Waals surface area contributed by atoms with Gasteiger partial charge < -0.3 is 10.6 Å². The minimum Gasteiger partial charge on any atom is -0.341 e. The highest BCUT2D eigenvalue weighted by Crippen LogP contribution is 2.10. The Labute approximate surface area is 80.3 Å². The van der Waals surface area contributed by atoms with E-state index in [0.717, 1.165) is 25.9 Å². The minimum absolute atomic E-state index is 0.150. The fraction of sp³-hybridized carbons (Fsp3) is 0.900. The second kappa shape index (κ2) is 5.22. The quantitative estimate of drug-likeness (QED) is 0.651. The Morgan fingerprint density at radius 2 is 2.23 bits per heavy atom. The molecule has 0 aromatic carbocycles. The summed E-state index contributed by atoms with van der Waals surface area (Å²) in [5, 5.41) is 0. The van der Waals surface area contributed by atoms with Crippen LogP contribution in [0, 0.1) is 0 Å². The molecule has 13 heavy (non-hydrogen) atoms. The summed E-state index contributed by atoms with van der Waals surface area (Å²) in [6.07, 6.45) is 5.72. The monoisotopic (exact) mass is 184 g/mol. The topological polar surface area (TPSA) is 46.3 Å². The van der Waals surface area contributed by atoms with Crippen molar-refractivity contribution in [3.05, 3.63) is 0 Å². The Bertz CT molecular complexity index is 170. The first-order valence-electron chi connectivity index (χ1n) is 5.30. The maximum absolute atomic E-state index is 11.4. The van der Waals surface area contributed by atoms with Crippen LogP contribution in [0.4, 0.5) is 0 Å². The number of rotatable bonds is 5. The average Bonchev–Trinajstić information content (AvgIpc) is 2.43. The molecule has 0 aliphatic carbocycles. The van der Waals surface area contributed by atoms with Gasteiger partial charge in [-0.25, -0.2) is 0 Å². The molecule has 1 rings (SSSR count). The van der Waals surface area contributed by atoms with E-state index in [9.17, 15) is 4.79 Å². The lowest BCUT2D eigenvalue weighted by Crippen LogP contribution is -2.34. The van der Waals surface area contributed by atoms with Crippen LogP contribution in [0.1, 0.15) is 39.0 Å². The van der Waals surface area contributed by atoms with Crippen LogP contribution >= 0.6 is 0 Å². The van der Waals surface area contributed by atoms with Crippen LogP contribution in [0.5, 0.6) is 0 Å². The summed E-state index contributed by atoms with van der Waals surface area (Å²) in [5.41, 5.74) is 5.61. The number of nitrogens with two attached hydrogens (primary N) is 1. The zero-order valence-corrected chi connectivity index (χ0v) is 8.46. The molecule has 1 aliphatic rings. The van der Waals surface area contributed by atoms with Gasteiger partial charge in [-0.2, -0.15) is 0 Å². The summed E-state index contributed by atoms with van der Waals surface area (Å²) in [4.78, 5) is 13.3. The Morgan fingerprint density at radius 3 is 2.77 bits per heavy atom. The molecule has 1 unspecified atom stereocenters. The molecule has 0 radical (unpaired) electrons. The average molecular weight is 184 g/mol. The van der Waals surface area contributed by atoms with E-state index >= 15 is 0 Å². The van der Waals surface area contributed by atoms with E-state index in [0.29, 0.717) is 0 Å². The number of likely N-dealkylation sites (tertiary alicyclic amines) is 1. The Balaban J connectivity index is 2.12. The van der Waals surface area contributed by atoms with Gasteiger partial charge in [-0.15, -0.1) is 0 Å². The predicted molar refractivity (Wildman–Crippen MR) is 53.3 cm³/mol. The summed E-state index contributed by atoms with van der Waals surface area (Å²) >= 11 is 0. The van der Waals surface area contributed by atoms with Gasteiger partial charge in [-0.05, 0) is 12.8 Å². The number of amides is 1. The standard InChI is InChI=1S/C10H20N2O/c1-2-3-4-5-7-12-8-6-9(11)10(12)13/h9H,2-8,11H2,1H3. The third-order valence-electron chi connectivity index (χ3n) is 2.62. The number of carbonyl (C=O) groups excluding carboxylic acids is 1. The molecule has 2 N–H and O–H groups in total. The second-order valence-electron chi connectivity index (χ2n) is 3.78. The number of unbranched alkanes of at least 4 members (excludes halogenated alkanes) is 3. The van der Waals surface area contributed by atoms with Crippen molar-refractivity contribution in [1.82, 2.24) is 4.90 Å². The molecule has 1 atom stereocenters. The van der Waals surface area contributed by atoms with Crippen molar-refractivity contribution < 1.29 is 4.79 Å². The predicted octanol–water partition coefficient (Wildman–Crippen LogP) is 1.13. The van der Waals surface area contributed by atoms with Gasteiger partial charge in [0.2, 0.25) is 5.91 Å². The van der Waals surface area contributed by atoms with Crippen LogP contribution < -0.4 is 5.73 Å². The first-order valence-corrected chi connectivity index (χ1v) is 5.30. The minimum atomic E-state index is -0.217. The van der Waals surface area contributed by atoms with Gasteiger partial charge in [0.15, 0.2) is 0 Å². The van der Waals surface area contributed by atoms with E-state index in [2.05, 4.69) is 6.92 Å². The van der Waals surface area contributed by atoms with E-state index in [1.165, 1.54) is 19.3 Å². The van der Waals surface area contributed by atoms with Gasteiger partial charge in [0, 0.05) is 13.1 Å². The van der Waals surface area contributed by atoms with Crippen LogP contribution in [0.15, 0.2) is 0 Å². The van der Waals surface area contributed by atoms with Crippen molar-refractivity contribution in [2.75, 3.05) is 13.1 Å². The van der Waals surface area contributed by atoms with Crippen molar-refractivity contribution in [2.45, 2.75) is 45.1 Å². The fourth-order valence-corrected chi connectivity index (χ4v) is 1.71. The number of hydrogen-bond donors (Lipinski definition) is 1. The van der Waals surface area contributed by atoms with Crippen molar-refractivity contribution in [2.24, 2.45) is 5.73 Å². The Morgan fingerprint density at radius 1 is 1.46 bits per heavy atom. The van der Waals surface area contributed by atoms with Crippen LogP contribution in [0.25, 0.3) is 0 Å². The molecular formula is C10H20N2O. The van der Waals surface area contributed by atoms with Crippen LogP contribution in [0.2, 0.25) is 0 Å². The number of nitrogens with zero attached hydrogens (tertiary/aromatic N) is 1.